The van der Waals surface area contributed by atoms with Crippen molar-refractivity contribution in [1.29, 1.82) is 0 Å². The second kappa shape index (κ2) is 11.5. The first kappa shape index (κ1) is 21.9. The van der Waals surface area contributed by atoms with Crippen LogP contribution in [0, 0.1) is 0 Å². The third kappa shape index (κ3) is 6.93. The lowest BCUT2D eigenvalue weighted by atomic mass is 10.0. The molecule has 6 heteroatoms. The number of nitrogens with one attached hydrogen (secondary N) is 1. The fraction of sp³-hybridized carbons (Fsp3) is 0.217. The zero-order valence-corrected chi connectivity index (χ0v) is 16.3. The van der Waals surface area contributed by atoms with Crippen LogP contribution in [0.25, 0.3) is 10.8 Å². The van der Waals surface area contributed by atoms with Crippen LogP contribution >= 0.6 is 0 Å². The van der Waals surface area contributed by atoms with Gasteiger partial charge in [-0.05, 0) is 40.5 Å². The van der Waals surface area contributed by atoms with Gasteiger partial charge >= 0.3 is 5.97 Å². The number of ether oxygens (including phenoxy) is 1. The van der Waals surface area contributed by atoms with Crippen molar-refractivity contribution >= 4 is 22.6 Å². The first-order chi connectivity index (χ1) is 14.1. The summed E-state index contributed by atoms with van der Waals surface area (Å²) in [7, 11) is 1.00. The Hall–Kier alpha value is -3.38. The van der Waals surface area contributed by atoms with Gasteiger partial charge in [0, 0.05) is 20.1 Å². The van der Waals surface area contributed by atoms with E-state index in [4.69, 9.17) is 14.9 Å². The van der Waals surface area contributed by atoms with Gasteiger partial charge in [-0.25, -0.2) is 0 Å². The summed E-state index contributed by atoms with van der Waals surface area (Å²) in [5.74, 6) is -0.439. The summed E-state index contributed by atoms with van der Waals surface area (Å²) in [4.78, 5) is 22.7. The first-order valence-electron chi connectivity index (χ1n) is 9.23. The summed E-state index contributed by atoms with van der Waals surface area (Å²) in [5.41, 5.74) is 1.98. The van der Waals surface area contributed by atoms with Crippen LogP contribution < -0.4 is 10.1 Å². The van der Waals surface area contributed by atoms with Gasteiger partial charge in [0.25, 0.3) is 5.91 Å². The summed E-state index contributed by atoms with van der Waals surface area (Å²) in [5, 5.41) is 20.8. The minimum absolute atomic E-state index is 0.0702. The Morgan fingerprint density at radius 1 is 0.931 bits per heavy atom. The van der Waals surface area contributed by atoms with Crippen molar-refractivity contribution in [3.63, 3.8) is 0 Å². The van der Waals surface area contributed by atoms with Crippen molar-refractivity contribution in [2.45, 2.75) is 19.4 Å². The molecule has 0 radical (unpaired) electrons. The fourth-order valence-corrected chi connectivity index (χ4v) is 2.84. The van der Waals surface area contributed by atoms with E-state index in [0.29, 0.717) is 18.7 Å². The molecule has 3 aromatic carbocycles. The van der Waals surface area contributed by atoms with Crippen LogP contribution in [0.15, 0.2) is 66.7 Å². The number of hydrogen-bond donors (Lipinski definition) is 3. The molecule has 152 valence electrons. The molecule has 0 spiro atoms. The minimum atomic E-state index is -0.821. The number of amides is 1. The average Bonchev–Trinajstić information content (AvgIpc) is 2.77. The van der Waals surface area contributed by atoms with E-state index in [2.05, 4.69) is 5.32 Å². The third-order valence-corrected chi connectivity index (χ3v) is 4.28. The highest BCUT2D eigenvalue weighted by atomic mass is 16.5. The highest BCUT2D eigenvalue weighted by Gasteiger charge is 2.06. The zero-order valence-electron chi connectivity index (χ0n) is 16.3. The molecule has 0 atom stereocenters. The van der Waals surface area contributed by atoms with Gasteiger partial charge in [-0.1, -0.05) is 54.6 Å². The van der Waals surface area contributed by atoms with Crippen LogP contribution in [0.4, 0.5) is 0 Å². The highest BCUT2D eigenvalue weighted by Crippen LogP contribution is 2.18. The van der Waals surface area contributed by atoms with Gasteiger partial charge in [0.1, 0.15) is 5.75 Å². The molecule has 0 aliphatic heterocycles. The number of carboxylic acid groups (broad SMARTS) is 1. The smallest absolute Gasteiger partial charge is 0.303 e. The molecule has 0 heterocycles. The predicted octanol–water partition coefficient (Wildman–Crippen LogP) is 3.16. The minimum Gasteiger partial charge on any atom is -0.484 e. The van der Waals surface area contributed by atoms with Crippen molar-refractivity contribution in [2.24, 2.45) is 0 Å². The normalized spacial score (nSPS) is 10.0. The monoisotopic (exact) mass is 395 g/mol. The van der Waals surface area contributed by atoms with Gasteiger partial charge in [0.15, 0.2) is 6.61 Å². The van der Waals surface area contributed by atoms with E-state index in [-0.39, 0.29) is 18.9 Å². The predicted molar refractivity (Wildman–Crippen MR) is 112 cm³/mol. The van der Waals surface area contributed by atoms with Gasteiger partial charge in [0.2, 0.25) is 0 Å². The number of aryl methyl sites for hydroxylation is 1. The van der Waals surface area contributed by atoms with E-state index < -0.39 is 5.97 Å². The molecule has 0 aliphatic carbocycles. The molecule has 0 bridgehead atoms. The zero-order chi connectivity index (χ0) is 21.1. The summed E-state index contributed by atoms with van der Waals surface area (Å²) in [6.07, 6.45) is 0.567. The number of carboxylic acids is 1. The molecule has 0 aromatic heterocycles. The van der Waals surface area contributed by atoms with Crippen molar-refractivity contribution in [3.8, 4) is 5.75 Å². The number of rotatable bonds is 8. The largest absolute Gasteiger partial charge is 0.484 e. The van der Waals surface area contributed by atoms with Crippen LogP contribution in [0.3, 0.4) is 0 Å². The van der Waals surface area contributed by atoms with Crippen LogP contribution in [0.5, 0.6) is 5.75 Å². The summed E-state index contributed by atoms with van der Waals surface area (Å²) < 4.78 is 5.50. The van der Waals surface area contributed by atoms with Crippen molar-refractivity contribution in [3.05, 3.63) is 77.9 Å². The lowest BCUT2D eigenvalue weighted by molar-refractivity contribution is -0.137. The van der Waals surface area contributed by atoms with Crippen LogP contribution in [0.2, 0.25) is 0 Å². The van der Waals surface area contributed by atoms with Crippen molar-refractivity contribution in [2.75, 3.05) is 13.7 Å². The van der Waals surface area contributed by atoms with Gasteiger partial charge in [-0.15, -0.1) is 0 Å². The molecule has 0 unspecified atom stereocenters. The number of aliphatic hydroxyl groups excluding tert-OH is 1. The van der Waals surface area contributed by atoms with E-state index in [0.717, 1.165) is 29.0 Å². The van der Waals surface area contributed by atoms with Gasteiger partial charge in [-0.2, -0.15) is 0 Å². The highest BCUT2D eigenvalue weighted by molar-refractivity contribution is 5.86. The van der Waals surface area contributed by atoms with Crippen LogP contribution in [-0.4, -0.2) is 35.8 Å². The standard InChI is InChI=1S/C22H21NO4.CH4O/c24-21(15-27-19-11-8-16(9-12-19)10-13-22(25)26)23-14-18-6-3-5-17-4-1-2-7-20(17)18;1-2/h1-9,11-12H,10,13-15H2,(H,23,24)(H,25,26);2H,1H3. The Labute approximate surface area is 169 Å². The molecule has 6 nitrogen and oxygen atoms in total. The maximum atomic E-state index is 12.1. The molecule has 0 aliphatic rings. The van der Waals surface area contributed by atoms with Crippen LogP contribution in [-0.2, 0) is 22.6 Å². The van der Waals surface area contributed by atoms with Crippen molar-refractivity contribution < 1.29 is 24.5 Å². The molecule has 3 rings (SSSR count). The number of hydrogen-bond acceptors (Lipinski definition) is 4. The number of carbonyl (C=O) groups excluding carboxylic acids is 1. The Bertz CT molecular complexity index is 932. The average molecular weight is 395 g/mol. The van der Waals surface area contributed by atoms with Gasteiger partial charge in [-0.3, -0.25) is 9.59 Å². The Morgan fingerprint density at radius 3 is 2.34 bits per heavy atom. The molecular weight excluding hydrogens is 370 g/mol. The van der Waals surface area contributed by atoms with E-state index >= 15 is 0 Å². The van der Waals surface area contributed by atoms with E-state index in [9.17, 15) is 9.59 Å². The molecule has 0 saturated carbocycles. The molecule has 29 heavy (non-hydrogen) atoms. The van der Waals surface area contributed by atoms with E-state index in [1.165, 1.54) is 0 Å². The van der Waals surface area contributed by atoms with Crippen molar-refractivity contribution in [1.82, 2.24) is 5.32 Å². The summed E-state index contributed by atoms with van der Waals surface area (Å²) >= 11 is 0. The first-order valence-corrected chi connectivity index (χ1v) is 9.23. The Morgan fingerprint density at radius 2 is 1.62 bits per heavy atom. The van der Waals surface area contributed by atoms with Crippen LogP contribution in [0.1, 0.15) is 17.5 Å². The SMILES string of the molecule is CO.O=C(O)CCc1ccc(OCC(=O)NCc2cccc3ccccc23)cc1. The maximum absolute atomic E-state index is 12.1. The molecule has 1 amide bonds. The topological polar surface area (TPSA) is 95.9 Å². The second-order valence-corrected chi connectivity index (χ2v) is 6.24. The molecule has 3 aromatic rings. The summed E-state index contributed by atoms with van der Waals surface area (Å²) in [6, 6.07) is 21.2. The fourth-order valence-electron chi connectivity index (χ4n) is 2.84. The molecule has 0 fully saturated rings. The summed E-state index contributed by atoms with van der Waals surface area (Å²) in [6.45, 7) is 0.372. The second-order valence-electron chi connectivity index (χ2n) is 6.24. The van der Waals surface area contributed by atoms with E-state index in [1.807, 2.05) is 54.6 Å². The maximum Gasteiger partial charge on any atom is 0.303 e. The number of benzene rings is 3. The Balaban J connectivity index is 0.00000145. The molecule has 0 saturated heterocycles. The molecular formula is C23H25NO5. The molecule has 3 N–H and O–H groups in total. The lowest BCUT2D eigenvalue weighted by Crippen LogP contribution is -2.28. The van der Waals surface area contributed by atoms with E-state index in [1.54, 1.807) is 12.1 Å². The van der Waals surface area contributed by atoms with Gasteiger partial charge < -0.3 is 20.3 Å². The number of aliphatic hydroxyl groups is 1. The van der Waals surface area contributed by atoms with Gasteiger partial charge in [0.05, 0.1) is 0 Å². The Kier molecular flexibility index (Phi) is 8.66. The lowest BCUT2D eigenvalue weighted by Gasteiger charge is -2.10. The third-order valence-electron chi connectivity index (χ3n) is 4.28. The number of carbonyl (C=O) groups is 2. The quantitative estimate of drug-likeness (QED) is 0.545. The number of aliphatic carboxylic acids is 1. The number of fused-ring (bicyclic) bond motifs is 1.